The molecule has 2 aromatic rings. The van der Waals surface area contributed by atoms with E-state index in [1.807, 2.05) is 41.1 Å². The molecule has 0 saturated heterocycles. The van der Waals surface area contributed by atoms with E-state index in [1.54, 1.807) is 6.20 Å². The molecule has 1 aromatic carbocycles. The highest BCUT2D eigenvalue weighted by molar-refractivity contribution is 5.73. The monoisotopic (exact) mass is 215 g/mol. The van der Waals surface area contributed by atoms with E-state index in [0.717, 1.165) is 11.4 Å². The van der Waals surface area contributed by atoms with E-state index >= 15 is 0 Å². The van der Waals surface area contributed by atoms with Gasteiger partial charge in [-0.05, 0) is 0 Å². The molecule has 1 amide bonds. The van der Waals surface area contributed by atoms with Crippen LogP contribution in [0.3, 0.4) is 0 Å². The van der Waals surface area contributed by atoms with Crippen LogP contribution in [0.25, 0.3) is 11.4 Å². The predicted molar refractivity (Wildman–Crippen MR) is 61.5 cm³/mol. The fourth-order valence-corrected chi connectivity index (χ4v) is 1.57. The summed E-state index contributed by atoms with van der Waals surface area (Å²) >= 11 is 0. The lowest BCUT2D eigenvalue weighted by Gasteiger charge is -2.06. The van der Waals surface area contributed by atoms with Gasteiger partial charge in [-0.1, -0.05) is 30.3 Å². The third-order valence-electron chi connectivity index (χ3n) is 2.35. The molecule has 82 valence electrons. The quantitative estimate of drug-likeness (QED) is 0.838. The van der Waals surface area contributed by atoms with Gasteiger partial charge in [-0.15, -0.1) is 0 Å². The van der Waals surface area contributed by atoms with Crippen molar-refractivity contribution >= 4 is 5.91 Å². The highest BCUT2D eigenvalue weighted by Gasteiger charge is 2.05. The van der Waals surface area contributed by atoms with Crippen molar-refractivity contribution in [2.75, 3.05) is 0 Å². The summed E-state index contributed by atoms with van der Waals surface area (Å²) in [7, 11) is 0. The second kappa shape index (κ2) is 4.61. The molecule has 0 bridgehead atoms. The Morgan fingerprint density at radius 2 is 2.06 bits per heavy atom. The normalized spacial score (nSPS) is 10.2. The summed E-state index contributed by atoms with van der Waals surface area (Å²) in [6.45, 7) is 0.569. The number of rotatable bonds is 4. The van der Waals surface area contributed by atoms with Gasteiger partial charge in [-0.3, -0.25) is 4.79 Å². The first-order valence-electron chi connectivity index (χ1n) is 5.12. The lowest BCUT2D eigenvalue weighted by molar-refractivity contribution is -0.118. The summed E-state index contributed by atoms with van der Waals surface area (Å²) in [6.07, 6.45) is 3.91. The van der Waals surface area contributed by atoms with Gasteiger partial charge in [0.25, 0.3) is 0 Å². The van der Waals surface area contributed by atoms with Crippen LogP contribution in [-0.2, 0) is 11.3 Å². The van der Waals surface area contributed by atoms with Gasteiger partial charge < -0.3 is 10.3 Å². The van der Waals surface area contributed by atoms with Crippen LogP contribution < -0.4 is 5.73 Å². The Labute approximate surface area is 93.7 Å². The standard InChI is InChI=1S/C12H13N3O/c13-11(16)6-8-15-9-7-14-12(15)10-4-2-1-3-5-10/h1-5,7,9H,6,8H2,(H2,13,16). The SMILES string of the molecule is NC(=O)CCn1ccnc1-c1ccccc1. The Morgan fingerprint density at radius 3 is 2.75 bits per heavy atom. The van der Waals surface area contributed by atoms with Gasteiger partial charge in [0.1, 0.15) is 5.82 Å². The maximum Gasteiger partial charge on any atom is 0.219 e. The highest BCUT2D eigenvalue weighted by atomic mass is 16.1. The number of hydrogen-bond acceptors (Lipinski definition) is 2. The molecule has 1 heterocycles. The number of amides is 1. The van der Waals surface area contributed by atoms with Crippen molar-refractivity contribution in [2.45, 2.75) is 13.0 Å². The first-order chi connectivity index (χ1) is 7.77. The van der Waals surface area contributed by atoms with E-state index < -0.39 is 0 Å². The van der Waals surface area contributed by atoms with Crippen LogP contribution in [0.5, 0.6) is 0 Å². The lowest BCUT2D eigenvalue weighted by atomic mass is 10.2. The molecule has 0 unspecified atom stereocenters. The van der Waals surface area contributed by atoms with Crippen molar-refractivity contribution in [3.63, 3.8) is 0 Å². The third-order valence-corrected chi connectivity index (χ3v) is 2.35. The van der Waals surface area contributed by atoms with Crippen LogP contribution in [0.15, 0.2) is 42.7 Å². The number of aryl methyl sites for hydroxylation is 1. The zero-order chi connectivity index (χ0) is 11.4. The third kappa shape index (κ3) is 2.28. The molecule has 16 heavy (non-hydrogen) atoms. The molecule has 0 aliphatic carbocycles. The molecule has 0 atom stereocenters. The van der Waals surface area contributed by atoms with Crippen molar-refractivity contribution in [3.05, 3.63) is 42.7 Å². The number of nitrogens with two attached hydrogens (primary N) is 1. The molecule has 0 aliphatic heterocycles. The minimum absolute atomic E-state index is 0.298. The first-order valence-corrected chi connectivity index (χ1v) is 5.12. The highest BCUT2D eigenvalue weighted by Crippen LogP contribution is 2.16. The Balaban J connectivity index is 2.23. The Bertz CT molecular complexity index is 476. The van der Waals surface area contributed by atoms with Crippen LogP contribution in [0.1, 0.15) is 6.42 Å². The molecular formula is C12H13N3O. The summed E-state index contributed by atoms with van der Waals surface area (Å²) in [5, 5.41) is 0. The molecule has 4 nitrogen and oxygen atoms in total. The average molecular weight is 215 g/mol. The second-order valence-corrected chi connectivity index (χ2v) is 3.53. The fourth-order valence-electron chi connectivity index (χ4n) is 1.57. The summed E-state index contributed by atoms with van der Waals surface area (Å²) in [4.78, 5) is 15.0. The van der Waals surface area contributed by atoms with Crippen molar-refractivity contribution in [1.82, 2.24) is 9.55 Å². The number of benzene rings is 1. The van der Waals surface area contributed by atoms with Crippen molar-refractivity contribution < 1.29 is 4.79 Å². The molecular weight excluding hydrogens is 202 g/mol. The van der Waals surface area contributed by atoms with Gasteiger partial charge in [-0.25, -0.2) is 4.98 Å². The average Bonchev–Trinajstić information content (AvgIpc) is 2.75. The summed E-state index contributed by atoms with van der Waals surface area (Å²) in [5.74, 6) is 0.564. The Morgan fingerprint density at radius 1 is 1.31 bits per heavy atom. The second-order valence-electron chi connectivity index (χ2n) is 3.53. The van der Waals surface area contributed by atoms with Gasteiger partial charge in [0.15, 0.2) is 0 Å². The van der Waals surface area contributed by atoms with E-state index in [0.29, 0.717) is 13.0 Å². The molecule has 1 aromatic heterocycles. The number of imidazole rings is 1. The summed E-state index contributed by atoms with van der Waals surface area (Å²) in [5.41, 5.74) is 6.16. The van der Waals surface area contributed by atoms with Gasteiger partial charge >= 0.3 is 0 Å². The lowest BCUT2D eigenvalue weighted by Crippen LogP contribution is -2.14. The molecule has 0 saturated carbocycles. The van der Waals surface area contributed by atoms with E-state index in [9.17, 15) is 4.79 Å². The topological polar surface area (TPSA) is 60.9 Å². The number of carbonyl (C=O) groups excluding carboxylic acids is 1. The molecule has 2 rings (SSSR count). The van der Waals surface area contributed by atoms with Crippen molar-refractivity contribution in [2.24, 2.45) is 5.73 Å². The molecule has 0 aliphatic rings. The van der Waals surface area contributed by atoms with Crippen LogP contribution in [0.4, 0.5) is 0 Å². The minimum Gasteiger partial charge on any atom is -0.370 e. The van der Waals surface area contributed by atoms with E-state index in [-0.39, 0.29) is 5.91 Å². The van der Waals surface area contributed by atoms with Crippen molar-refractivity contribution in [3.8, 4) is 11.4 Å². The van der Waals surface area contributed by atoms with Gasteiger partial charge in [0.05, 0.1) is 0 Å². The maximum atomic E-state index is 10.7. The zero-order valence-electron chi connectivity index (χ0n) is 8.84. The largest absolute Gasteiger partial charge is 0.370 e. The summed E-state index contributed by atoms with van der Waals surface area (Å²) < 4.78 is 1.93. The van der Waals surface area contributed by atoms with E-state index in [1.165, 1.54) is 0 Å². The van der Waals surface area contributed by atoms with Gasteiger partial charge in [0.2, 0.25) is 5.91 Å². The Kier molecular flexibility index (Phi) is 3.00. The molecule has 2 N–H and O–H groups in total. The summed E-state index contributed by atoms with van der Waals surface area (Å²) in [6, 6.07) is 9.86. The van der Waals surface area contributed by atoms with E-state index in [4.69, 9.17) is 5.73 Å². The van der Waals surface area contributed by atoms with Crippen molar-refractivity contribution in [1.29, 1.82) is 0 Å². The fraction of sp³-hybridized carbons (Fsp3) is 0.167. The molecule has 4 heteroatoms. The molecule has 0 spiro atoms. The first kappa shape index (κ1) is 10.4. The number of aromatic nitrogens is 2. The van der Waals surface area contributed by atoms with Crippen LogP contribution >= 0.6 is 0 Å². The number of hydrogen-bond donors (Lipinski definition) is 1. The van der Waals surface area contributed by atoms with Crippen LogP contribution in [0.2, 0.25) is 0 Å². The number of primary amides is 1. The maximum absolute atomic E-state index is 10.7. The molecule has 0 radical (unpaired) electrons. The number of nitrogens with zero attached hydrogens (tertiary/aromatic N) is 2. The predicted octanol–water partition coefficient (Wildman–Crippen LogP) is 1.43. The van der Waals surface area contributed by atoms with Gasteiger partial charge in [-0.2, -0.15) is 0 Å². The van der Waals surface area contributed by atoms with Crippen LogP contribution in [0, 0.1) is 0 Å². The Hall–Kier alpha value is -2.10. The molecule has 0 fully saturated rings. The smallest absolute Gasteiger partial charge is 0.219 e. The number of carbonyl (C=O) groups is 1. The van der Waals surface area contributed by atoms with Crippen LogP contribution in [-0.4, -0.2) is 15.5 Å². The van der Waals surface area contributed by atoms with Gasteiger partial charge in [0, 0.05) is 30.9 Å². The zero-order valence-corrected chi connectivity index (χ0v) is 8.84. The van der Waals surface area contributed by atoms with E-state index in [2.05, 4.69) is 4.98 Å². The minimum atomic E-state index is -0.298.